The van der Waals surface area contributed by atoms with Crippen molar-refractivity contribution in [3.05, 3.63) is 30.1 Å². The van der Waals surface area contributed by atoms with Gasteiger partial charge in [-0.3, -0.25) is 10.1 Å². The maximum absolute atomic E-state index is 13.1. The molecule has 1 aromatic carbocycles. The monoisotopic (exact) mass is 419 g/mol. The van der Waals surface area contributed by atoms with Gasteiger partial charge in [0.2, 0.25) is 11.0 Å². The summed E-state index contributed by atoms with van der Waals surface area (Å²) < 4.78 is 40.8. The lowest BCUT2D eigenvalue weighted by Crippen LogP contribution is -2.44. The van der Waals surface area contributed by atoms with Crippen LogP contribution in [-0.2, 0) is 15.0 Å². The van der Waals surface area contributed by atoms with Gasteiger partial charge < -0.3 is 0 Å². The van der Waals surface area contributed by atoms with Crippen LogP contribution >= 0.6 is 23.1 Å². The Bertz CT molecular complexity index is 855. The van der Waals surface area contributed by atoms with Gasteiger partial charge in [0.05, 0.1) is 5.69 Å². The SMILES string of the molecule is CCSc1nnc(NC(=O)CN(c2ccc(F)cc2)S(=O)(=O)N(C)C)s1. The number of aromatic nitrogens is 2. The average Bonchev–Trinajstić information content (AvgIpc) is 3.00. The number of carbonyl (C=O) groups excluding carboxylic acids is 1. The molecular weight excluding hydrogens is 401 g/mol. The van der Waals surface area contributed by atoms with E-state index >= 15 is 0 Å². The number of hydrogen-bond acceptors (Lipinski definition) is 7. The Morgan fingerprint density at radius 2 is 1.92 bits per heavy atom. The van der Waals surface area contributed by atoms with Gasteiger partial charge in [0.15, 0.2) is 4.34 Å². The van der Waals surface area contributed by atoms with Gasteiger partial charge in [0.25, 0.3) is 0 Å². The zero-order chi connectivity index (χ0) is 19.3. The van der Waals surface area contributed by atoms with Crippen molar-refractivity contribution in [2.75, 3.05) is 36.0 Å². The van der Waals surface area contributed by atoms with Gasteiger partial charge in [-0.2, -0.15) is 12.7 Å². The molecule has 1 heterocycles. The van der Waals surface area contributed by atoms with Crippen molar-refractivity contribution in [2.24, 2.45) is 0 Å². The van der Waals surface area contributed by atoms with E-state index in [1.54, 1.807) is 0 Å². The maximum atomic E-state index is 13.1. The molecule has 0 spiro atoms. The Balaban J connectivity index is 2.20. The summed E-state index contributed by atoms with van der Waals surface area (Å²) in [5, 5.41) is 10.6. The Kier molecular flexibility index (Phi) is 6.92. The molecule has 0 saturated heterocycles. The normalized spacial score (nSPS) is 11.6. The van der Waals surface area contributed by atoms with Gasteiger partial charge in [-0.05, 0) is 30.0 Å². The zero-order valence-electron chi connectivity index (χ0n) is 14.3. The van der Waals surface area contributed by atoms with Crippen molar-refractivity contribution in [1.29, 1.82) is 0 Å². The predicted molar refractivity (Wildman–Crippen MR) is 101 cm³/mol. The molecule has 26 heavy (non-hydrogen) atoms. The fourth-order valence-electron chi connectivity index (χ4n) is 1.84. The molecule has 142 valence electrons. The first-order valence-electron chi connectivity index (χ1n) is 7.46. The summed E-state index contributed by atoms with van der Waals surface area (Å²) in [6.45, 7) is 1.49. The fourth-order valence-corrected chi connectivity index (χ4v) is 4.57. The van der Waals surface area contributed by atoms with E-state index in [0.29, 0.717) is 4.34 Å². The highest BCUT2D eigenvalue weighted by molar-refractivity contribution is 8.01. The topological polar surface area (TPSA) is 95.5 Å². The van der Waals surface area contributed by atoms with Crippen molar-refractivity contribution < 1.29 is 17.6 Å². The standard InChI is InChI=1S/C14H18FN5O3S3/c1-4-24-14-18-17-13(25-14)16-12(21)9-20(26(22,23)19(2)3)11-7-5-10(15)6-8-11/h5-8H,4,9H2,1-3H3,(H,16,17,21). The summed E-state index contributed by atoms with van der Waals surface area (Å²) in [6.07, 6.45) is 0. The number of hydrogen-bond donors (Lipinski definition) is 1. The van der Waals surface area contributed by atoms with E-state index < -0.39 is 28.5 Å². The minimum Gasteiger partial charge on any atom is -0.299 e. The molecule has 1 aromatic heterocycles. The van der Waals surface area contributed by atoms with Crippen LogP contribution in [0.1, 0.15) is 6.92 Å². The van der Waals surface area contributed by atoms with Crippen LogP contribution in [0.2, 0.25) is 0 Å². The van der Waals surface area contributed by atoms with Crippen LogP contribution in [0, 0.1) is 5.82 Å². The molecule has 0 bridgehead atoms. The number of halogens is 1. The molecule has 0 aliphatic heterocycles. The number of amides is 1. The number of nitrogens with one attached hydrogen (secondary N) is 1. The molecule has 0 fully saturated rings. The lowest BCUT2D eigenvalue weighted by Gasteiger charge is -2.26. The largest absolute Gasteiger partial charge is 0.304 e. The first-order chi connectivity index (χ1) is 12.2. The fraction of sp³-hybridized carbons (Fsp3) is 0.357. The number of rotatable bonds is 8. The van der Waals surface area contributed by atoms with Gasteiger partial charge in [-0.1, -0.05) is 30.0 Å². The summed E-state index contributed by atoms with van der Waals surface area (Å²) in [5.41, 5.74) is 0.176. The smallest absolute Gasteiger partial charge is 0.299 e. The second kappa shape index (κ2) is 8.75. The van der Waals surface area contributed by atoms with Crippen LogP contribution in [-0.4, -0.2) is 55.2 Å². The number of benzene rings is 1. The second-order valence-corrected chi connectivity index (χ2v) is 9.68. The third-order valence-electron chi connectivity index (χ3n) is 3.06. The minimum atomic E-state index is -3.95. The Labute approximate surface area is 159 Å². The molecule has 2 rings (SSSR count). The van der Waals surface area contributed by atoms with Gasteiger partial charge in [-0.15, -0.1) is 10.2 Å². The molecule has 0 atom stereocenters. The first-order valence-corrected chi connectivity index (χ1v) is 10.7. The lowest BCUT2D eigenvalue weighted by molar-refractivity contribution is -0.114. The van der Waals surface area contributed by atoms with Crippen molar-refractivity contribution in [1.82, 2.24) is 14.5 Å². The van der Waals surface area contributed by atoms with Crippen molar-refractivity contribution in [3.63, 3.8) is 0 Å². The molecule has 1 N–H and O–H groups in total. The van der Waals surface area contributed by atoms with Crippen LogP contribution in [0.15, 0.2) is 28.6 Å². The maximum Gasteiger partial charge on any atom is 0.304 e. The van der Waals surface area contributed by atoms with E-state index in [-0.39, 0.29) is 10.8 Å². The van der Waals surface area contributed by atoms with Gasteiger partial charge in [0, 0.05) is 14.1 Å². The van der Waals surface area contributed by atoms with Crippen molar-refractivity contribution in [3.8, 4) is 0 Å². The third kappa shape index (κ3) is 5.13. The molecule has 2 aromatic rings. The van der Waals surface area contributed by atoms with Crippen LogP contribution in [0.3, 0.4) is 0 Å². The van der Waals surface area contributed by atoms with Crippen molar-refractivity contribution in [2.45, 2.75) is 11.3 Å². The van der Waals surface area contributed by atoms with E-state index in [2.05, 4.69) is 15.5 Å². The van der Waals surface area contributed by atoms with Crippen LogP contribution in [0.5, 0.6) is 0 Å². The minimum absolute atomic E-state index is 0.176. The van der Waals surface area contributed by atoms with E-state index in [9.17, 15) is 17.6 Å². The Morgan fingerprint density at radius 3 is 2.50 bits per heavy atom. The number of carbonyl (C=O) groups is 1. The lowest BCUT2D eigenvalue weighted by atomic mass is 10.3. The van der Waals surface area contributed by atoms with E-state index in [0.717, 1.165) is 26.5 Å². The average molecular weight is 420 g/mol. The summed E-state index contributed by atoms with van der Waals surface area (Å²) in [7, 11) is -1.25. The highest BCUT2D eigenvalue weighted by Crippen LogP contribution is 2.25. The van der Waals surface area contributed by atoms with Crippen LogP contribution in [0.4, 0.5) is 15.2 Å². The van der Waals surface area contributed by atoms with Crippen LogP contribution in [0.25, 0.3) is 0 Å². The third-order valence-corrected chi connectivity index (χ3v) is 6.74. The molecule has 0 unspecified atom stereocenters. The first kappa shape index (κ1) is 20.6. The Hall–Kier alpha value is -1.76. The molecule has 1 amide bonds. The highest BCUT2D eigenvalue weighted by Gasteiger charge is 2.27. The van der Waals surface area contributed by atoms with E-state index in [4.69, 9.17) is 0 Å². The van der Waals surface area contributed by atoms with Gasteiger partial charge >= 0.3 is 10.2 Å². The number of thioether (sulfide) groups is 1. The molecule has 0 radical (unpaired) electrons. The van der Waals surface area contributed by atoms with Gasteiger partial charge in [0.1, 0.15) is 12.4 Å². The summed E-state index contributed by atoms with van der Waals surface area (Å²) in [6, 6.07) is 4.85. The van der Waals surface area contributed by atoms with Gasteiger partial charge in [-0.25, -0.2) is 8.70 Å². The summed E-state index contributed by atoms with van der Waals surface area (Å²) in [4.78, 5) is 12.3. The molecule has 0 aliphatic carbocycles. The zero-order valence-corrected chi connectivity index (χ0v) is 16.8. The number of nitrogens with zero attached hydrogens (tertiary/aromatic N) is 4. The quantitative estimate of drug-likeness (QED) is 0.520. The Morgan fingerprint density at radius 1 is 1.27 bits per heavy atom. The molecule has 0 saturated carbocycles. The molecule has 0 aliphatic rings. The summed E-state index contributed by atoms with van der Waals surface area (Å²) in [5.74, 6) is -0.263. The molecule has 8 nitrogen and oxygen atoms in total. The van der Waals surface area contributed by atoms with E-state index in [1.165, 1.54) is 49.3 Å². The second-order valence-electron chi connectivity index (χ2n) is 5.13. The van der Waals surface area contributed by atoms with Crippen molar-refractivity contribution >= 4 is 50.0 Å². The molecular formula is C14H18FN5O3S3. The predicted octanol–water partition coefficient (Wildman–Crippen LogP) is 2.04. The van der Waals surface area contributed by atoms with Crippen LogP contribution < -0.4 is 9.62 Å². The highest BCUT2D eigenvalue weighted by atomic mass is 32.2. The van der Waals surface area contributed by atoms with E-state index in [1.807, 2.05) is 6.92 Å². The number of anilines is 2. The molecule has 12 heteroatoms. The summed E-state index contributed by atoms with van der Waals surface area (Å²) >= 11 is 2.69.